The van der Waals surface area contributed by atoms with Crippen molar-refractivity contribution >= 4 is 0 Å². The Labute approximate surface area is 109 Å². The molecule has 1 aliphatic carbocycles. The highest BCUT2D eigenvalue weighted by atomic mass is 16.3. The van der Waals surface area contributed by atoms with Gasteiger partial charge < -0.3 is 10.4 Å². The fourth-order valence-corrected chi connectivity index (χ4v) is 2.62. The third kappa shape index (κ3) is 3.53. The van der Waals surface area contributed by atoms with Crippen LogP contribution in [0.1, 0.15) is 44.9 Å². The van der Waals surface area contributed by atoms with Gasteiger partial charge in [-0.3, -0.25) is 0 Å². The first-order valence-electron chi connectivity index (χ1n) is 7.06. The predicted molar refractivity (Wildman–Crippen MR) is 70.0 cm³/mol. The lowest BCUT2D eigenvalue weighted by atomic mass is 9.86. The van der Waals surface area contributed by atoms with Gasteiger partial charge in [0.1, 0.15) is 12.2 Å². The van der Waals surface area contributed by atoms with Crippen molar-refractivity contribution in [2.45, 2.75) is 58.2 Å². The van der Waals surface area contributed by atoms with Gasteiger partial charge in [0.15, 0.2) is 0 Å². The number of nitrogens with one attached hydrogen (secondary N) is 1. The summed E-state index contributed by atoms with van der Waals surface area (Å²) in [5.41, 5.74) is 0. The van der Waals surface area contributed by atoms with Gasteiger partial charge in [0, 0.05) is 13.1 Å². The summed E-state index contributed by atoms with van der Waals surface area (Å²) in [5.74, 6) is 1.39. The summed E-state index contributed by atoms with van der Waals surface area (Å²) in [6.45, 7) is 4.67. The van der Waals surface area contributed by atoms with Crippen molar-refractivity contribution in [2.75, 3.05) is 6.54 Å². The van der Waals surface area contributed by atoms with E-state index in [2.05, 4.69) is 22.3 Å². The molecule has 1 aromatic heterocycles. The Hall–Kier alpha value is -0.940. The van der Waals surface area contributed by atoms with Gasteiger partial charge in [0.2, 0.25) is 0 Å². The molecule has 0 saturated heterocycles. The predicted octanol–water partition coefficient (Wildman–Crippen LogP) is 1.33. The maximum atomic E-state index is 9.89. The quantitative estimate of drug-likeness (QED) is 0.801. The van der Waals surface area contributed by atoms with Crippen LogP contribution in [0.15, 0.2) is 6.33 Å². The Bertz CT molecular complexity index is 353. The standard InChI is InChI=1S/C13H24N4O/c1-2-7-17-13(15-10-16-17)9-14-8-11-5-3-4-6-12(11)18/h10-12,14,18H,2-9H2,1H3. The highest BCUT2D eigenvalue weighted by Gasteiger charge is 2.22. The number of hydrogen-bond donors (Lipinski definition) is 2. The summed E-state index contributed by atoms with van der Waals surface area (Å²) < 4.78 is 1.95. The molecule has 1 fully saturated rings. The van der Waals surface area contributed by atoms with Crippen molar-refractivity contribution < 1.29 is 5.11 Å². The molecule has 1 heterocycles. The summed E-state index contributed by atoms with van der Waals surface area (Å²) in [7, 11) is 0. The van der Waals surface area contributed by atoms with Crippen molar-refractivity contribution in [2.24, 2.45) is 5.92 Å². The van der Waals surface area contributed by atoms with Crippen LogP contribution in [0, 0.1) is 5.92 Å². The van der Waals surface area contributed by atoms with E-state index >= 15 is 0 Å². The van der Waals surface area contributed by atoms with Crippen LogP contribution in [0.5, 0.6) is 0 Å². The van der Waals surface area contributed by atoms with E-state index in [0.717, 1.165) is 44.7 Å². The van der Waals surface area contributed by atoms with Crippen LogP contribution in [0.4, 0.5) is 0 Å². The molecule has 0 amide bonds. The van der Waals surface area contributed by atoms with Crippen molar-refractivity contribution in [3.63, 3.8) is 0 Å². The van der Waals surface area contributed by atoms with Crippen molar-refractivity contribution in [3.8, 4) is 0 Å². The molecule has 1 aliphatic rings. The molecule has 5 nitrogen and oxygen atoms in total. The van der Waals surface area contributed by atoms with Gasteiger partial charge in [0.05, 0.1) is 12.6 Å². The molecule has 0 spiro atoms. The molecular formula is C13H24N4O. The van der Waals surface area contributed by atoms with Crippen molar-refractivity contribution in [3.05, 3.63) is 12.2 Å². The molecule has 2 unspecified atom stereocenters. The van der Waals surface area contributed by atoms with Crippen LogP contribution in [0.3, 0.4) is 0 Å². The molecule has 0 bridgehead atoms. The Morgan fingerprint density at radius 3 is 3.06 bits per heavy atom. The highest BCUT2D eigenvalue weighted by Crippen LogP contribution is 2.23. The highest BCUT2D eigenvalue weighted by molar-refractivity contribution is 4.85. The minimum absolute atomic E-state index is 0.125. The molecule has 5 heteroatoms. The lowest BCUT2D eigenvalue weighted by Crippen LogP contribution is -2.34. The van der Waals surface area contributed by atoms with Crippen LogP contribution in [-0.2, 0) is 13.1 Å². The average Bonchev–Trinajstić information content (AvgIpc) is 2.80. The van der Waals surface area contributed by atoms with Gasteiger partial charge in [-0.05, 0) is 25.2 Å². The minimum atomic E-state index is -0.125. The maximum Gasteiger partial charge on any atom is 0.140 e. The fraction of sp³-hybridized carbons (Fsp3) is 0.846. The molecule has 0 radical (unpaired) electrons. The number of rotatable bonds is 6. The molecule has 0 aliphatic heterocycles. The van der Waals surface area contributed by atoms with E-state index in [1.807, 2.05) is 4.68 Å². The van der Waals surface area contributed by atoms with E-state index in [4.69, 9.17) is 0 Å². The lowest BCUT2D eigenvalue weighted by Gasteiger charge is -2.27. The van der Waals surface area contributed by atoms with Crippen LogP contribution in [0.25, 0.3) is 0 Å². The molecule has 1 aromatic rings. The van der Waals surface area contributed by atoms with Gasteiger partial charge in [-0.2, -0.15) is 5.10 Å². The number of nitrogens with zero attached hydrogens (tertiary/aromatic N) is 3. The molecule has 2 N–H and O–H groups in total. The Morgan fingerprint density at radius 2 is 2.28 bits per heavy atom. The van der Waals surface area contributed by atoms with Gasteiger partial charge in [-0.25, -0.2) is 9.67 Å². The summed E-state index contributed by atoms with van der Waals surface area (Å²) >= 11 is 0. The van der Waals surface area contributed by atoms with Gasteiger partial charge in [-0.15, -0.1) is 0 Å². The molecule has 102 valence electrons. The van der Waals surface area contributed by atoms with Gasteiger partial charge in [-0.1, -0.05) is 19.8 Å². The average molecular weight is 252 g/mol. The van der Waals surface area contributed by atoms with Crippen molar-refractivity contribution in [1.29, 1.82) is 0 Å². The fourth-order valence-electron chi connectivity index (χ4n) is 2.62. The first-order valence-corrected chi connectivity index (χ1v) is 7.06. The third-order valence-corrected chi connectivity index (χ3v) is 3.69. The zero-order valence-corrected chi connectivity index (χ0v) is 11.2. The summed E-state index contributed by atoms with van der Waals surface area (Å²) in [6.07, 6.45) is 7.06. The molecule has 2 atom stereocenters. The van der Waals surface area contributed by atoms with Gasteiger partial charge >= 0.3 is 0 Å². The number of aliphatic hydroxyl groups excluding tert-OH is 1. The zero-order chi connectivity index (χ0) is 12.8. The molecular weight excluding hydrogens is 228 g/mol. The first-order chi connectivity index (χ1) is 8.81. The minimum Gasteiger partial charge on any atom is -0.393 e. The monoisotopic (exact) mass is 252 g/mol. The zero-order valence-electron chi connectivity index (χ0n) is 11.2. The van der Waals surface area contributed by atoms with E-state index in [1.165, 1.54) is 12.8 Å². The maximum absolute atomic E-state index is 9.89. The molecule has 18 heavy (non-hydrogen) atoms. The summed E-state index contributed by atoms with van der Waals surface area (Å²) in [4.78, 5) is 4.26. The second-order valence-corrected chi connectivity index (χ2v) is 5.14. The summed E-state index contributed by atoms with van der Waals surface area (Å²) in [5, 5.41) is 17.5. The van der Waals surface area contributed by atoms with E-state index in [0.29, 0.717) is 5.92 Å². The van der Waals surface area contributed by atoms with Crippen LogP contribution < -0.4 is 5.32 Å². The number of hydrogen-bond acceptors (Lipinski definition) is 4. The Balaban J connectivity index is 1.75. The smallest absolute Gasteiger partial charge is 0.140 e. The van der Waals surface area contributed by atoms with E-state index in [-0.39, 0.29) is 6.10 Å². The topological polar surface area (TPSA) is 63.0 Å². The third-order valence-electron chi connectivity index (χ3n) is 3.69. The van der Waals surface area contributed by atoms with Crippen molar-refractivity contribution in [1.82, 2.24) is 20.1 Å². The normalized spacial score (nSPS) is 24.3. The largest absolute Gasteiger partial charge is 0.393 e. The molecule has 1 saturated carbocycles. The molecule has 2 rings (SSSR count). The van der Waals surface area contributed by atoms with Crippen LogP contribution >= 0.6 is 0 Å². The Kier molecular flexibility index (Phi) is 5.13. The molecule has 0 aromatic carbocycles. The summed E-state index contributed by atoms with van der Waals surface area (Å²) in [6, 6.07) is 0. The second kappa shape index (κ2) is 6.85. The number of aromatic nitrogens is 3. The SMILES string of the molecule is CCCn1ncnc1CNCC1CCCCC1O. The van der Waals surface area contributed by atoms with Crippen LogP contribution in [0.2, 0.25) is 0 Å². The lowest BCUT2D eigenvalue weighted by molar-refractivity contribution is 0.0693. The van der Waals surface area contributed by atoms with Crippen LogP contribution in [-0.4, -0.2) is 32.5 Å². The number of aliphatic hydroxyl groups is 1. The first kappa shape index (κ1) is 13.5. The Morgan fingerprint density at radius 1 is 1.44 bits per heavy atom. The number of aryl methyl sites for hydroxylation is 1. The van der Waals surface area contributed by atoms with E-state index in [9.17, 15) is 5.11 Å². The van der Waals surface area contributed by atoms with Gasteiger partial charge in [0.25, 0.3) is 0 Å². The van der Waals surface area contributed by atoms with E-state index in [1.54, 1.807) is 6.33 Å². The van der Waals surface area contributed by atoms with E-state index < -0.39 is 0 Å². The second-order valence-electron chi connectivity index (χ2n) is 5.14.